The Balaban J connectivity index is 1.95. The summed E-state index contributed by atoms with van der Waals surface area (Å²) < 4.78 is 1.90. The van der Waals surface area contributed by atoms with Gasteiger partial charge in [-0.25, -0.2) is 0 Å². The molecule has 0 aliphatic rings. The van der Waals surface area contributed by atoms with E-state index in [1.54, 1.807) is 23.5 Å². The molecule has 1 aromatic heterocycles. The van der Waals surface area contributed by atoms with Crippen LogP contribution in [0.1, 0.15) is 10.4 Å². The number of hydrogen-bond acceptors (Lipinski definition) is 2. The van der Waals surface area contributed by atoms with E-state index < -0.39 is 0 Å². The Morgan fingerprint density at radius 1 is 1.20 bits per heavy atom. The lowest BCUT2D eigenvalue weighted by atomic mass is 10.1. The summed E-state index contributed by atoms with van der Waals surface area (Å²) >= 11 is 10.9. The predicted molar refractivity (Wildman–Crippen MR) is 88.9 cm³/mol. The fraction of sp³-hybridized carbons (Fsp3) is 0. The van der Waals surface area contributed by atoms with Crippen LogP contribution in [-0.2, 0) is 0 Å². The average molecular weight is 367 g/mol. The zero-order valence-corrected chi connectivity index (χ0v) is 13.3. The average Bonchev–Trinajstić information content (AvgIpc) is 2.87. The van der Waals surface area contributed by atoms with Crippen molar-refractivity contribution in [1.82, 2.24) is 0 Å². The number of benzene rings is 2. The molecule has 3 aromatic rings. The van der Waals surface area contributed by atoms with Crippen molar-refractivity contribution in [3.05, 3.63) is 62.9 Å². The van der Waals surface area contributed by atoms with Crippen LogP contribution in [0.3, 0.4) is 0 Å². The highest BCUT2D eigenvalue weighted by Crippen LogP contribution is 2.29. The number of rotatable bonds is 2. The van der Waals surface area contributed by atoms with Gasteiger partial charge in [0.25, 0.3) is 5.91 Å². The molecule has 3 rings (SSSR count). The van der Waals surface area contributed by atoms with Gasteiger partial charge in [0.15, 0.2) is 0 Å². The number of anilines is 1. The fourth-order valence-corrected chi connectivity index (χ4v) is 3.40. The van der Waals surface area contributed by atoms with E-state index in [1.807, 2.05) is 35.7 Å². The quantitative estimate of drug-likeness (QED) is 0.631. The van der Waals surface area contributed by atoms with E-state index in [9.17, 15) is 4.79 Å². The molecule has 1 N–H and O–H groups in total. The molecule has 100 valence electrons. The number of nitrogens with one attached hydrogen (secondary N) is 1. The standard InChI is InChI=1S/C15H9BrClNOS/c16-12-6-5-9(17)7-13(12)18-15(19)11-8-20-14-4-2-1-3-10(11)14/h1-8H,(H,18,19). The highest BCUT2D eigenvalue weighted by molar-refractivity contribution is 9.10. The Kier molecular flexibility index (Phi) is 3.78. The minimum absolute atomic E-state index is 0.134. The fourth-order valence-electron chi connectivity index (χ4n) is 1.94. The van der Waals surface area contributed by atoms with Crippen LogP contribution in [0.25, 0.3) is 10.1 Å². The summed E-state index contributed by atoms with van der Waals surface area (Å²) in [5.74, 6) is -0.134. The zero-order chi connectivity index (χ0) is 14.1. The van der Waals surface area contributed by atoms with E-state index >= 15 is 0 Å². The van der Waals surface area contributed by atoms with Crippen molar-refractivity contribution in [3.63, 3.8) is 0 Å². The molecule has 1 heterocycles. The summed E-state index contributed by atoms with van der Waals surface area (Å²) in [7, 11) is 0. The van der Waals surface area contributed by atoms with Gasteiger partial charge in [-0.1, -0.05) is 29.8 Å². The normalized spacial score (nSPS) is 10.7. The number of halogens is 2. The van der Waals surface area contributed by atoms with Crippen LogP contribution in [0.2, 0.25) is 5.02 Å². The summed E-state index contributed by atoms with van der Waals surface area (Å²) in [5, 5.41) is 6.30. The molecule has 0 aliphatic carbocycles. The van der Waals surface area contributed by atoms with Gasteiger partial charge in [0.05, 0.1) is 11.3 Å². The van der Waals surface area contributed by atoms with Crippen molar-refractivity contribution in [2.75, 3.05) is 5.32 Å². The molecule has 1 amide bonds. The van der Waals surface area contributed by atoms with Crippen LogP contribution >= 0.6 is 38.9 Å². The molecule has 0 radical (unpaired) electrons. The van der Waals surface area contributed by atoms with Gasteiger partial charge < -0.3 is 5.32 Å². The SMILES string of the molecule is O=C(Nc1cc(Cl)ccc1Br)c1csc2ccccc12. The first-order valence-corrected chi connectivity index (χ1v) is 7.93. The third-order valence-corrected chi connectivity index (χ3v) is 4.79. The third kappa shape index (κ3) is 2.59. The first-order valence-electron chi connectivity index (χ1n) is 5.88. The van der Waals surface area contributed by atoms with Crippen molar-refractivity contribution in [1.29, 1.82) is 0 Å². The van der Waals surface area contributed by atoms with E-state index in [1.165, 1.54) is 0 Å². The van der Waals surface area contributed by atoms with Crippen LogP contribution in [0.15, 0.2) is 52.3 Å². The van der Waals surface area contributed by atoms with Crippen molar-refractivity contribution < 1.29 is 4.79 Å². The van der Waals surface area contributed by atoms with Gasteiger partial charge in [-0.05, 0) is 40.2 Å². The molecule has 0 saturated carbocycles. The molecule has 0 fully saturated rings. The van der Waals surface area contributed by atoms with Crippen molar-refractivity contribution in [2.45, 2.75) is 0 Å². The van der Waals surface area contributed by atoms with Crippen LogP contribution in [-0.4, -0.2) is 5.91 Å². The first-order chi connectivity index (χ1) is 9.65. The second-order valence-corrected chi connectivity index (χ2v) is 6.43. The lowest BCUT2D eigenvalue weighted by molar-refractivity contribution is 0.102. The molecule has 0 atom stereocenters. The highest BCUT2D eigenvalue weighted by Gasteiger charge is 2.13. The lowest BCUT2D eigenvalue weighted by Gasteiger charge is -2.07. The van der Waals surface area contributed by atoms with Crippen LogP contribution < -0.4 is 5.32 Å². The molecule has 0 bridgehead atoms. The van der Waals surface area contributed by atoms with E-state index in [0.717, 1.165) is 14.6 Å². The largest absolute Gasteiger partial charge is 0.321 e. The Bertz CT molecular complexity index is 799. The van der Waals surface area contributed by atoms with Crippen molar-refractivity contribution in [2.24, 2.45) is 0 Å². The van der Waals surface area contributed by atoms with Gasteiger partial charge >= 0.3 is 0 Å². The van der Waals surface area contributed by atoms with Gasteiger partial charge in [-0.3, -0.25) is 4.79 Å². The first kappa shape index (κ1) is 13.6. The Labute approximate surface area is 133 Å². The molecule has 0 unspecified atom stereocenters. The molecule has 0 aliphatic heterocycles. The van der Waals surface area contributed by atoms with Crippen LogP contribution in [0.5, 0.6) is 0 Å². The van der Waals surface area contributed by atoms with Gasteiger partial charge in [0.2, 0.25) is 0 Å². The highest BCUT2D eigenvalue weighted by atomic mass is 79.9. The number of amides is 1. The molecule has 2 nitrogen and oxygen atoms in total. The maximum Gasteiger partial charge on any atom is 0.257 e. The molecule has 20 heavy (non-hydrogen) atoms. The van der Waals surface area contributed by atoms with E-state index in [2.05, 4.69) is 21.2 Å². The molecule has 0 spiro atoms. The molecular weight excluding hydrogens is 358 g/mol. The number of carbonyl (C=O) groups is 1. The third-order valence-electron chi connectivity index (χ3n) is 2.90. The number of thiophene rings is 1. The molecule has 2 aromatic carbocycles. The Morgan fingerprint density at radius 2 is 2.00 bits per heavy atom. The summed E-state index contributed by atoms with van der Waals surface area (Å²) in [6.07, 6.45) is 0. The minimum Gasteiger partial charge on any atom is -0.321 e. The maximum atomic E-state index is 12.4. The number of fused-ring (bicyclic) bond motifs is 1. The predicted octanol–water partition coefficient (Wildman–Crippen LogP) is 5.57. The van der Waals surface area contributed by atoms with Gasteiger partial charge in [-0.2, -0.15) is 0 Å². The number of hydrogen-bond donors (Lipinski definition) is 1. The smallest absolute Gasteiger partial charge is 0.257 e. The van der Waals surface area contributed by atoms with Gasteiger partial charge in [0, 0.05) is 25.0 Å². The molecular formula is C15H9BrClNOS. The molecule has 0 saturated heterocycles. The summed E-state index contributed by atoms with van der Waals surface area (Å²) in [6, 6.07) is 13.2. The van der Waals surface area contributed by atoms with Crippen LogP contribution in [0.4, 0.5) is 5.69 Å². The zero-order valence-electron chi connectivity index (χ0n) is 10.2. The summed E-state index contributed by atoms with van der Waals surface area (Å²) in [6.45, 7) is 0. The number of carbonyl (C=O) groups excluding carboxylic acids is 1. The Hall–Kier alpha value is -1.36. The van der Waals surface area contributed by atoms with E-state index in [0.29, 0.717) is 16.3 Å². The topological polar surface area (TPSA) is 29.1 Å². The van der Waals surface area contributed by atoms with E-state index in [4.69, 9.17) is 11.6 Å². The maximum absolute atomic E-state index is 12.4. The second-order valence-electron chi connectivity index (χ2n) is 4.22. The Morgan fingerprint density at radius 3 is 2.85 bits per heavy atom. The minimum atomic E-state index is -0.134. The van der Waals surface area contributed by atoms with Gasteiger partial charge in [0.1, 0.15) is 0 Å². The monoisotopic (exact) mass is 365 g/mol. The van der Waals surface area contributed by atoms with Crippen molar-refractivity contribution in [3.8, 4) is 0 Å². The van der Waals surface area contributed by atoms with E-state index in [-0.39, 0.29) is 5.91 Å². The van der Waals surface area contributed by atoms with Crippen molar-refractivity contribution >= 4 is 60.5 Å². The second kappa shape index (κ2) is 5.56. The van der Waals surface area contributed by atoms with Gasteiger partial charge in [-0.15, -0.1) is 11.3 Å². The van der Waals surface area contributed by atoms with Crippen LogP contribution in [0, 0.1) is 0 Å². The summed E-state index contributed by atoms with van der Waals surface area (Å²) in [5.41, 5.74) is 1.34. The lowest BCUT2D eigenvalue weighted by Crippen LogP contribution is -2.11. The summed E-state index contributed by atoms with van der Waals surface area (Å²) in [4.78, 5) is 12.4. The molecule has 5 heteroatoms.